The fraction of sp³-hybridized carbons (Fsp3) is 1.00. The number of piperidine rings is 1. The molecule has 1 heterocycles. The fourth-order valence-corrected chi connectivity index (χ4v) is 0.821. The molecule has 1 atom stereocenters. The minimum Gasteiger partial charge on any atom is -0.363 e. The van der Waals surface area contributed by atoms with Crippen molar-refractivity contribution in [2.45, 2.75) is 18.4 Å². The van der Waals surface area contributed by atoms with Gasteiger partial charge in [-0.2, -0.15) is 0 Å². The van der Waals surface area contributed by atoms with Crippen molar-refractivity contribution in [3.05, 3.63) is 0 Å². The molecule has 1 aliphatic rings. The van der Waals surface area contributed by atoms with Crippen LogP contribution in [0.4, 0.5) is 4.39 Å². The standard InChI is InChI=1S/C5H10FNO2/c6-4-3-7-2-1-5(4,8)9/h4,7-9H,1-3H2. The largest absolute Gasteiger partial charge is 0.363 e. The van der Waals surface area contributed by atoms with Gasteiger partial charge in [-0.15, -0.1) is 0 Å². The maximum atomic E-state index is 12.4. The van der Waals surface area contributed by atoms with E-state index in [0.717, 1.165) is 0 Å². The van der Waals surface area contributed by atoms with Crippen molar-refractivity contribution in [3.8, 4) is 0 Å². The molecule has 1 saturated heterocycles. The highest BCUT2D eigenvalue weighted by Crippen LogP contribution is 2.16. The molecule has 1 unspecified atom stereocenters. The third-order valence-corrected chi connectivity index (χ3v) is 1.49. The molecule has 3 N–H and O–H groups in total. The first-order chi connectivity index (χ1) is 4.13. The lowest BCUT2D eigenvalue weighted by Gasteiger charge is -2.30. The Labute approximate surface area is 52.5 Å². The van der Waals surface area contributed by atoms with Gasteiger partial charge in [-0.25, -0.2) is 4.39 Å². The van der Waals surface area contributed by atoms with Crippen LogP contribution in [0, 0.1) is 0 Å². The number of rotatable bonds is 0. The molecule has 3 nitrogen and oxygen atoms in total. The Balaban J connectivity index is 2.49. The normalized spacial score (nSPS) is 34.3. The molecule has 9 heavy (non-hydrogen) atoms. The van der Waals surface area contributed by atoms with E-state index >= 15 is 0 Å². The Kier molecular flexibility index (Phi) is 1.70. The molecule has 0 amide bonds. The van der Waals surface area contributed by atoms with Crippen LogP contribution < -0.4 is 5.32 Å². The Morgan fingerprint density at radius 3 is 2.56 bits per heavy atom. The smallest absolute Gasteiger partial charge is 0.197 e. The van der Waals surface area contributed by atoms with E-state index < -0.39 is 12.0 Å². The van der Waals surface area contributed by atoms with Crippen molar-refractivity contribution < 1.29 is 14.6 Å². The minimum atomic E-state index is -2.09. The molecule has 0 saturated carbocycles. The van der Waals surface area contributed by atoms with Crippen molar-refractivity contribution in [2.24, 2.45) is 0 Å². The van der Waals surface area contributed by atoms with Gasteiger partial charge < -0.3 is 15.5 Å². The first kappa shape index (κ1) is 6.92. The van der Waals surface area contributed by atoms with Gasteiger partial charge >= 0.3 is 0 Å². The van der Waals surface area contributed by atoms with E-state index in [4.69, 9.17) is 10.2 Å². The van der Waals surface area contributed by atoms with Crippen LogP contribution in [-0.4, -0.2) is 35.3 Å². The summed E-state index contributed by atoms with van der Waals surface area (Å²) in [6, 6.07) is 0. The van der Waals surface area contributed by atoms with Gasteiger partial charge in [0.2, 0.25) is 0 Å². The summed E-state index contributed by atoms with van der Waals surface area (Å²) in [5.74, 6) is -2.09. The SMILES string of the molecule is OC1(O)CCNCC1F. The Morgan fingerprint density at radius 1 is 1.56 bits per heavy atom. The van der Waals surface area contributed by atoms with Crippen LogP contribution in [0.5, 0.6) is 0 Å². The first-order valence-corrected chi connectivity index (χ1v) is 2.92. The lowest BCUT2D eigenvalue weighted by molar-refractivity contribution is -0.215. The summed E-state index contributed by atoms with van der Waals surface area (Å²) in [7, 11) is 0. The quantitative estimate of drug-likeness (QED) is 0.373. The highest BCUT2D eigenvalue weighted by atomic mass is 19.1. The third kappa shape index (κ3) is 1.38. The van der Waals surface area contributed by atoms with E-state index in [2.05, 4.69) is 5.32 Å². The zero-order chi connectivity index (χ0) is 6.91. The summed E-state index contributed by atoms with van der Waals surface area (Å²) in [5, 5.41) is 20.3. The maximum Gasteiger partial charge on any atom is 0.197 e. The highest BCUT2D eigenvalue weighted by Gasteiger charge is 2.36. The monoisotopic (exact) mass is 135 g/mol. The van der Waals surface area contributed by atoms with Crippen LogP contribution in [0.3, 0.4) is 0 Å². The molecule has 0 aliphatic carbocycles. The van der Waals surface area contributed by atoms with Crippen LogP contribution in [0.25, 0.3) is 0 Å². The van der Waals surface area contributed by atoms with Crippen LogP contribution in [0.1, 0.15) is 6.42 Å². The summed E-state index contributed by atoms with van der Waals surface area (Å²) >= 11 is 0. The Bertz CT molecular complexity index is 107. The molecular weight excluding hydrogens is 125 g/mol. The molecule has 0 spiro atoms. The fourth-order valence-electron chi connectivity index (χ4n) is 0.821. The Morgan fingerprint density at radius 2 is 2.22 bits per heavy atom. The average molecular weight is 135 g/mol. The van der Waals surface area contributed by atoms with E-state index in [1.54, 1.807) is 0 Å². The molecule has 1 aliphatic heterocycles. The second-order valence-corrected chi connectivity index (χ2v) is 2.30. The van der Waals surface area contributed by atoms with Crippen LogP contribution in [0.15, 0.2) is 0 Å². The van der Waals surface area contributed by atoms with E-state index in [-0.39, 0.29) is 13.0 Å². The van der Waals surface area contributed by atoms with Crippen molar-refractivity contribution in [2.75, 3.05) is 13.1 Å². The first-order valence-electron chi connectivity index (χ1n) is 2.92. The van der Waals surface area contributed by atoms with Crippen LogP contribution in [-0.2, 0) is 0 Å². The molecule has 54 valence electrons. The number of nitrogens with one attached hydrogen (secondary N) is 1. The molecule has 1 fully saturated rings. The Hall–Kier alpha value is -0.190. The summed E-state index contributed by atoms with van der Waals surface area (Å²) in [4.78, 5) is 0. The highest BCUT2D eigenvalue weighted by molar-refractivity contribution is 4.82. The number of hydrogen-bond acceptors (Lipinski definition) is 3. The lowest BCUT2D eigenvalue weighted by atomic mass is 10.0. The molecule has 0 bridgehead atoms. The van der Waals surface area contributed by atoms with Crippen molar-refractivity contribution in [3.63, 3.8) is 0 Å². The van der Waals surface area contributed by atoms with E-state index in [9.17, 15) is 4.39 Å². The van der Waals surface area contributed by atoms with Gasteiger partial charge in [0.25, 0.3) is 0 Å². The van der Waals surface area contributed by atoms with Crippen LogP contribution in [0.2, 0.25) is 0 Å². The zero-order valence-electron chi connectivity index (χ0n) is 4.97. The van der Waals surface area contributed by atoms with Gasteiger partial charge in [-0.1, -0.05) is 0 Å². The van der Waals surface area contributed by atoms with Crippen LogP contribution >= 0.6 is 0 Å². The van der Waals surface area contributed by atoms with Gasteiger partial charge in [-0.3, -0.25) is 0 Å². The van der Waals surface area contributed by atoms with Gasteiger partial charge in [0.05, 0.1) is 0 Å². The summed E-state index contributed by atoms with van der Waals surface area (Å²) < 4.78 is 12.4. The molecule has 1 rings (SSSR count). The minimum absolute atomic E-state index is 0.0347. The molecule has 0 aromatic rings. The number of aliphatic hydroxyl groups is 2. The zero-order valence-corrected chi connectivity index (χ0v) is 4.97. The molecule has 0 aromatic heterocycles. The molecule has 4 heteroatoms. The molecule has 0 aromatic carbocycles. The summed E-state index contributed by atoms with van der Waals surface area (Å²) in [5.41, 5.74) is 0. The van der Waals surface area contributed by atoms with Gasteiger partial charge in [0.1, 0.15) is 0 Å². The van der Waals surface area contributed by atoms with Gasteiger partial charge in [0, 0.05) is 19.5 Å². The maximum absolute atomic E-state index is 12.4. The predicted molar refractivity (Wildman–Crippen MR) is 29.6 cm³/mol. The molecule has 0 radical (unpaired) electrons. The second kappa shape index (κ2) is 2.21. The second-order valence-electron chi connectivity index (χ2n) is 2.30. The van der Waals surface area contributed by atoms with Crippen molar-refractivity contribution in [1.82, 2.24) is 5.32 Å². The van der Waals surface area contributed by atoms with Gasteiger partial charge in [-0.05, 0) is 0 Å². The van der Waals surface area contributed by atoms with E-state index in [0.29, 0.717) is 6.54 Å². The number of halogens is 1. The van der Waals surface area contributed by atoms with Gasteiger partial charge in [0.15, 0.2) is 12.0 Å². The third-order valence-electron chi connectivity index (χ3n) is 1.49. The van der Waals surface area contributed by atoms with E-state index in [1.165, 1.54) is 0 Å². The number of alkyl halides is 1. The summed E-state index contributed by atoms with van der Waals surface area (Å²) in [6.45, 7) is 0.500. The topological polar surface area (TPSA) is 52.5 Å². The number of hydrogen-bond donors (Lipinski definition) is 3. The van der Waals surface area contributed by atoms with E-state index in [1.807, 2.05) is 0 Å². The predicted octanol–water partition coefficient (Wildman–Crippen LogP) is -1.00. The molecular formula is C5H10FNO2. The van der Waals surface area contributed by atoms with Crippen molar-refractivity contribution in [1.29, 1.82) is 0 Å². The summed E-state index contributed by atoms with van der Waals surface area (Å²) in [6.07, 6.45) is -1.49. The average Bonchev–Trinajstić information content (AvgIpc) is 1.77. The van der Waals surface area contributed by atoms with Crippen molar-refractivity contribution >= 4 is 0 Å². The lowest BCUT2D eigenvalue weighted by Crippen LogP contribution is -2.51.